The molecule has 328 valence electrons. The zero-order chi connectivity index (χ0) is 45.6. The predicted molar refractivity (Wildman–Crippen MR) is 271 cm³/mol. The largest absolute Gasteiger partial charge is 0.388 e. The average Bonchev–Trinajstić information content (AvgIpc) is 3.44. The molecule has 3 heterocycles. The maximum Gasteiger partial charge on any atom is 0.0886 e. The van der Waals surface area contributed by atoms with Crippen molar-refractivity contribution in [3.63, 3.8) is 0 Å². The molecule has 8 aromatic rings. The summed E-state index contributed by atoms with van der Waals surface area (Å²) in [4.78, 5) is 9.38. The summed E-state index contributed by atoms with van der Waals surface area (Å²) in [6.45, 7) is 7.92. The van der Waals surface area contributed by atoms with E-state index in [0.717, 1.165) is 73.9 Å². The van der Waals surface area contributed by atoms with Gasteiger partial charge in [-0.05, 0) is 159 Å². The van der Waals surface area contributed by atoms with Crippen LogP contribution in [0, 0.1) is 0 Å². The van der Waals surface area contributed by atoms with Crippen LogP contribution in [0.2, 0.25) is 10.0 Å². The fourth-order valence-electron chi connectivity index (χ4n) is 8.61. The summed E-state index contributed by atoms with van der Waals surface area (Å²) in [7, 11) is 0. The minimum atomic E-state index is -0.908. The molecule has 5 nitrogen and oxygen atoms in total. The molecule has 2 atom stereocenters. The Morgan fingerprint density at radius 2 is 1.26 bits per heavy atom. The van der Waals surface area contributed by atoms with E-state index < -0.39 is 11.7 Å². The molecule has 0 fully saturated rings. The van der Waals surface area contributed by atoms with Crippen LogP contribution in [0.1, 0.15) is 109 Å². The number of aryl methyl sites for hydroxylation is 2. The molecule has 0 spiro atoms. The molecule has 1 unspecified atom stereocenters. The van der Waals surface area contributed by atoms with E-state index in [1.807, 2.05) is 121 Å². The Kier molecular flexibility index (Phi) is 14.1. The van der Waals surface area contributed by atoms with Crippen molar-refractivity contribution in [2.24, 2.45) is 0 Å². The lowest BCUT2D eigenvalue weighted by Gasteiger charge is -2.30. The second-order valence-electron chi connectivity index (χ2n) is 17.7. The summed E-state index contributed by atoms with van der Waals surface area (Å²) in [6, 6.07) is 52.6. The molecule has 2 N–H and O–H groups in total. The first-order valence-electron chi connectivity index (χ1n) is 22.2. The number of pyridine rings is 2. The quantitative estimate of drug-likeness (QED) is 0.143. The molecular weight excluding hydrogens is 844 g/mol. The van der Waals surface area contributed by atoms with Gasteiger partial charge in [0.15, 0.2) is 0 Å². The third kappa shape index (κ3) is 11.7. The van der Waals surface area contributed by atoms with E-state index in [9.17, 15) is 10.2 Å². The van der Waals surface area contributed by atoms with Gasteiger partial charge in [-0.15, -0.1) is 0 Å². The van der Waals surface area contributed by atoms with E-state index >= 15 is 0 Å². The van der Waals surface area contributed by atoms with Crippen LogP contribution in [-0.2, 0) is 28.8 Å². The molecule has 0 amide bonds. The highest BCUT2D eigenvalue weighted by molar-refractivity contribution is 6.31. The average molecular weight is 898 g/mol. The summed E-state index contributed by atoms with van der Waals surface area (Å²) in [5, 5.41) is 24.8. The van der Waals surface area contributed by atoms with Gasteiger partial charge in [0.25, 0.3) is 0 Å². The lowest BCUT2D eigenvalue weighted by atomic mass is 9.90. The first-order valence-corrected chi connectivity index (χ1v) is 23.0. The number of benzene rings is 6. The van der Waals surface area contributed by atoms with Gasteiger partial charge in [-0.2, -0.15) is 0 Å². The molecule has 6 aromatic carbocycles. The highest BCUT2D eigenvalue weighted by atomic mass is 35.5. The summed E-state index contributed by atoms with van der Waals surface area (Å²) in [5.74, 6) is 0. The zero-order valence-electron chi connectivity index (χ0n) is 37.3. The summed E-state index contributed by atoms with van der Waals surface area (Å²) < 4.78 is 6.64. The number of aromatic nitrogens is 2. The van der Waals surface area contributed by atoms with Crippen molar-refractivity contribution in [1.82, 2.24) is 9.97 Å². The molecule has 9 rings (SSSR count). The van der Waals surface area contributed by atoms with Crippen molar-refractivity contribution in [3.8, 4) is 0 Å². The SMILES string of the molecule is CC(C)(O)c1ccccc1CC[C@H](O)c1cccc(/C=C/c2ccc3ccc(Cl)cc3n2)c1.CC1(C)OC(c2cccc(/C=C/c3ccc4ccc(Cl)cc4n3)c2)CCc2ccccc21. The van der Waals surface area contributed by atoms with Crippen molar-refractivity contribution in [1.29, 1.82) is 0 Å². The van der Waals surface area contributed by atoms with Crippen molar-refractivity contribution in [3.05, 3.63) is 224 Å². The van der Waals surface area contributed by atoms with Crippen LogP contribution in [0.3, 0.4) is 0 Å². The first kappa shape index (κ1) is 45.6. The van der Waals surface area contributed by atoms with Gasteiger partial charge in [0.05, 0.1) is 45.8 Å². The molecular formula is C58H54Cl2N2O3. The number of aliphatic hydroxyl groups excluding tert-OH is 1. The van der Waals surface area contributed by atoms with Crippen LogP contribution in [-0.4, -0.2) is 20.2 Å². The summed E-state index contributed by atoms with van der Waals surface area (Å²) in [6.07, 6.45) is 10.9. The van der Waals surface area contributed by atoms with Gasteiger partial charge in [-0.3, -0.25) is 0 Å². The van der Waals surface area contributed by atoms with Crippen molar-refractivity contribution in [2.75, 3.05) is 0 Å². The van der Waals surface area contributed by atoms with Crippen LogP contribution in [0.25, 0.3) is 46.1 Å². The number of rotatable bonds is 10. The Morgan fingerprint density at radius 3 is 1.92 bits per heavy atom. The van der Waals surface area contributed by atoms with Crippen molar-refractivity contribution >= 4 is 69.3 Å². The first-order chi connectivity index (χ1) is 31.3. The standard InChI is InChI=1S/C29H28ClNO2.C29H26ClNO/c1-29(2,33)26-9-4-3-7-21(26)13-17-28(32)23-8-5-6-20(18-23)10-15-25-16-12-22-11-14-24(30)19-27(22)31-25;1-29(2)26-9-4-3-7-21(26)13-17-28(32-29)23-8-5-6-20(18-23)10-15-25-16-12-22-11-14-24(30)19-27(22)31-25/h3-12,14-16,18-19,28,32-33H,13,17H2,1-2H3;3-12,14-16,18-19,28H,13,17H2,1-2H3/b2*15-10+/t28-;/m0./s1. The number of aliphatic hydroxyl groups is 2. The molecule has 1 aliphatic rings. The maximum atomic E-state index is 10.8. The molecule has 0 radical (unpaired) electrons. The lowest BCUT2D eigenvalue weighted by molar-refractivity contribution is -0.0766. The Labute approximate surface area is 392 Å². The number of ether oxygens (including phenoxy) is 1. The minimum absolute atomic E-state index is 0.0617. The van der Waals surface area contributed by atoms with E-state index in [2.05, 4.69) is 79.5 Å². The van der Waals surface area contributed by atoms with Gasteiger partial charge < -0.3 is 14.9 Å². The highest BCUT2D eigenvalue weighted by Crippen LogP contribution is 2.40. The molecule has 2 aromatic heterocycles. The van der Waals surface area contributed by atoms with Crippen LogP contribution < -0.4 is 0 Å². The number of fused-ring (bicyclic) bond motifs is 3. The number of hydrogen-bond acceptors (Lipinski definition) is 5. The Balaban J connectivity index is 0.000000177. The third-order valence-corrected chi connectivity index (χ3v) is 12.4. The van der Waals surface area contributed by atoms with Crippen LogP contribution >= 0.6 is 23.2 Å². The lowest BCUT2D eigenvalue weighted by Crippen LogP contribution is -2.23. The fourth-order valence-corrected chi connectivity index (χ4v) is 8.95. The fraction of sp³-hybridized carbons (Fsp3) is 0.207. The van der Waals surface area contributed by atoms with E-state index in [0.29, 0.717) is 22.9 Å². The van der Waals surface area contributed by atoms with Gasteiger partial charge in [-0.1, -0.05) is 145 Å². The molecule has 1 aliphatic heterocycles. The maximum absolute atomic E-state index is 10.8. The Morgan fingerprint density at radius 1 is 0.677 bits per heavy atom. The van der Waals surface area contributed by atoms with E-state index in [-0.39, 0.29) is 11.7 Å². The molecule has 0 bridgehead atoms. The van der Waals surface area contributed by atoms with Crippen LogP contribution in [0.5, 0.6) is 0 Å². The van der Waals surface area contributed by atoms with E-state index in [1.54, 1.807) is 13.8 Å². The molecule has 0 saturated carbocycles. The van der Waals surface area contributed by atoms with E-state index in [1.165, 1.54) is 16.7 Å². The third-order valence-electron chi connectivity index (χ3n) is 12.0. The summed E-state index contributed by atoms with van der Waals surface area (Å²) in [5.41, 5.74) is 11.2. The van der Waals surface area contributed by atoms with Crippen LogP contribution in [0.4, 0.5) is 0 Å². The number of nitrogens with zero attached hydrogens (tertiary/aromatic N) is 2. The topological polar surface area (TPSA) is 75.5 Å². The van der Waals surface area contributed by atoms with Gasteiger partial charge in [0.1, 0.15) is 0 Å². The van der Waals surface area contributed by atoms with Crippen molar-refractivity contribution < 1.29 is 14.9 Å². The zero-order valence-corrected chi connectivity index (χ0v) is 38.8. The summed E-state index contributed by atoms with van der Waals surface area (Å²) >= 11 is 12.2. The second-order valence-corrected chi connectivity index (χ2v) is 18.6. The number of halogens is 2. The van der Waals surface area contributed by atoms with E-state index in [4.69, 9.17) is 32.9 Å². The van der Waals surface area contributed by atoms with Crippen LogP contribution in [0.15, 0.2) is 158 Å². The Bertz CT molecular complexity index is 3000. The molecule has 0 aliphatic carbocycles. The molecule has 0 saturated heterocycles. The minimum Gasteiger partial charge on any atom is -0.388 e. The monoisotopic (exact) mass is 896 g/mol. The predicted octanol–water partition coefficient (Wildman–Crippen LogP) is 14.9. The van der Waals surface area contributed by atoms with Crippen molar-refractivity contribution in [2.45, 2.75) is 76.8 Å². The smallest absolute Gasteiger partial charge is 0.0886 e. The van der Waals surface area contributed by atoms with Gasteiger partial charge >= 0.3 is 0 Å². The normalized spacial score (nSPS) is 15.4. The molecule has 7 heteroatoms. The van der Waals surface area contributed by atoms with Gasteiger partial charge in [0, 0.05) is 20.8 Å². The number of hydrogen-bond donors (Lipinski definition) is 2. The van der Waals surface area contributed by atoms with Gasteiger partial charge in [0.2, 0.25) is 0 Å². The Hall–Kier alpha value is -5.92. The second kappa shape index (κ2) is 20.1. The highest BCUT2D eigenvalue weighted by Gasteiger charge is 2.32. The van der Waals surface area contributed by atoms with Gasteiger partial charge in [-0.25, -0.2) is 9.97 Å². The molecule has 65 heavy (non-hydrogen) atoms.